The Balaban J connectivity index is 1.74. The van der Waals surface area contributed by atoms with Crippen LogP contribution in [0.1, 0.15) is 5.56 Å². The molecule has 0 N–H and O–H groups in total. The van der Waals surface area contributed by atoms with Gasteiger partial charge in [-0.25, -0.2) is 0 Å². The summed E-state index contributed by atoms with van der Waals surface area (Å²) >= 11 is 11.9. The van der Waals surface area contributed by atoms with Gasteiger partial charge >= 0.3 is 6.01 Å². The monoisotopic (exact) mass is 372 g/mol. The molecule has 0 atom stereocenters. The SMILES string of the molecule is CN1C(=O)/C(=N/c2nnc(-c3ccc(Cl)cc3)o2)c2cc(Cl)ccc21. The fraction of sp³-hybridized carbons (Fsp3) is 0.0588. The van der Waals surface area contributed by atoms with Gasteiger partial charge in [-0.1, -0.05) is 28.3 Å². The van der Waals surface area contributed by atoms with E-state index in [-0.39, 0.29) is 17.6 Å². The van der Waals surface area contributed by atoms with Crippen LogP contribution in [0, 0.1) is 0 Å². The van der Waals surface area contributed by atoms with Gasteiger partial charge in [0.25, 0.3) is 5.91 Å². The topological polar surface area (TPSA) is 71.6 Å². The lowest BCUT2D eigenvalue weighted by atomic mass is 10.1. The number of aliphatic imine (C=N–C) groups is 1. The average molecular weight is 373 g/mol. The summed E-state index contributed by atoms with van der Waals surface area (Å²) in [5.74, 6) is 0.0321. The van der Waals surface area contributed by atoms with E-state index in [0.29, 0.717) is 27.1 Å². The predicted molar refractivity (Wildman–Crippen MR) is 95.8 cm³/mol. The van der Waals surface area contributed by atoms with Crippen LogP contribution >= 0.6 is 23.2 Å². The Kier molecular flexibility index (Phi) is 3.78. The van der Waals surface area contributed by atoms with Crippen molar-refractivity contribution in [1.29, 1.82) is 0 Å². The maximum atomic E-state index is 12.4. The van der Waals surface area contributed by atoms with Gasteiger partial charge in [-0.05, 0) is 42.5 Å². The first-order valence-corrected chi connectivity index (χ1v) is 8.04. The fourth-order valence-electron chi connectivity index (χ4n) is 2.55. The van der Waals surface area contributed by atoms with E-state index in [1.165, 1.54) is 4.90 Å². The number of carbonyl (C=O) groups excluding carboxylic acids is 1. The van der Waals surface area contributed by atoms with Gasteiger partial charge in [0.05, 0.1) is 5.69 Å². The molecule has 0 bridgehead atoms. The number of hydrogen-bond donors (Lipinski definition) is 0. The van der Waals surface area contributed by atoms with Crippen LogP contribution in [0.5, 0.6) is 0 Å². The highest BCUT2D eigenvalue weighted by Crippen LogP contribution is 2.32. The highest BCUT2D eigenvalue weighted by atomic mass is 35.5. The van der Waals surface area contributed by atoms with E-state index in [2.05, 4.69) is 15.2 Å². The summed E-state index contributed by atoms with van der Waals surface area (Å²) in [4.78, 5) is 18.2. The number of nitrogens with zero attached hydrogens (tertiary/aromatic N) is 4. The van der Waals surface area contributed by atoms with Gasteiger partial charge in [-0.15, -0.1) is 5.10 Å². The fourth-order valence-corrected chi connectivity index (χ4v) is 2.85. The largest absolute Gasteiger partial charge is 0.402 e. The van der Waals surface area contributed by atoms with Gasteiger partial charge in [0.15, 0.2) is 0 Å². The molecule has 2 heterocycles. The molecule has 4 rings (SSSR count). The maximum Gasteiger partial charge on any atom is 0.343 e. The van der Waals surface area contributed by atoms with Crippen molar-refractivity contribution < 1.29 is 9.21 Å². The Morgan fingerprint density at radius 3 is 2.52 bits per heavy atom. The highest BCUT2D eigenvalue weighted by Gasteiger charge is 2.32. The Morgan fingerprint density at radius 1 is 1.04 bits per heavy atom. The van der Waals surface area contributed by atoms with E-state index in [9.17, 15) is 4.79 Å². The number of halogens is 2. The summed E-state index contributed by atoms with van der Waals surface area (Å²) < 4.78 is 5.54. The lowest BCUT2D eigenvalue weighted by molar-refractivity contribution is -0.111. The highest BCUT2D eigenvalue weighted by molar-refractivity contribution is 6.54. The van der Waals surface area contributed by atoms with Gasteiger partial charge in [0, 0.05) is 28.2 Å². The molecule has 1 aliphatic heterocycles. The summed E-state index contributed by atoms with van der Waals surface area (Å²) in [6, 6.07) is 12.1. The van der Waals surface area contributed by atoms with Crippen LogP contribution in [0.4, 0.5) is 11.7 Å². The van der Waals surface area contributed by atoms with Crippen LogP contribution in [0.15, 0.2) is 51.9 Å². The first-order chi connectivity index (χ1) is 12.0. The smallest absolute Gasteiger partial charge is 0.343 e. The van der Waals surface area contributed by atoms with Crippen molar-refractivity contribution in [3.05, 3.63) is 58.1 Å². The first-order valence-electron chi connectivity index (χ1n) is 7.29. The van der Waals surface area contributed by atoms with Gasteiger partial charge in [-0.2, -0.15) is 4.99 Å². The lowest BCUT2D eigenvalue weighted by Gasteiger charge is -2.07. The van der Waals surface area contributed by atoms with Crippen LogP contribution < -0.4 is 4.90 Å². The van der Waals surface area contributed by atoms with E-state index < -0.39 is 0 Å². The molecule has 0 saturated carbocycles. The molecule has 25 heavy (non-hydrogen) atoms. The third-order valence-electron chi connectivity index (χ3n) is 3.80. The Morgan fingerprint density at radius 2 is 1.76 bits per heavy atom. The van der Waals surface area contributed by atoms with Crippen molar-refractivity contribution in [3.8, 4) is 11.5 Å². The van der Waals surface area contributed by atoms with Gasteiger partial charge in [-0.3, -0.25) is 4.79 Å². The standard InChI is InChI=1S/C17H10Cl2N4O2/c1-23-13-7-6-11(19)8-12(13)14(16(23)24)20-17-22-21-15(25-17)9-2-4-10(18)5-3-9/h2-8H,1H3/b20-14+. The van der Waals surface area contributed by atoms with E-state index >= 15 is 0 Å². The molecule has 2 aromatic carbocycles. The number of amides is 1. The predicted octanol–water partition coefficient (Wildman–Crippen LogP) is 4.14. The van der Waals surface area contributed by atoms with Crippen molar-refractivity contribution >= 4 is 46.5 Å². The second kappa shape index (κ2) is 5.98. The number of aromatic nitrogens is 2. The molecule has 0 saturated heterocycles. The van der Waals surface area contributed by atoms with Crippen molar-refractivity contribution in [3.63, 3.8) is 0 Å². The number of rotatable bonds is 2. The molecule has 1 aromatic heterocycles. The van der Waals surface area contributed by atoms with Crippen LogP contribution in [0.25, 0.3) is 11.5 Å². The quantitative estimate of drug-likeness (QED) is 0.677. The van der Waals surface area contributed by atoms with Gasteiger partial charge < -0.3 is 9.32 Å². The Bertz CT molecular complexity index is 1010. The number of benzene rings is 2. The van der Waals surface area contributed by atoms with Crippen molar-refractivity contribution in [2.75, 3.05) is 11.9 Å². The Labute approximate surface area is 152 Å². The van der Waals surface area contributed by atoms with Crippen molar-refractivity contribution in [2.24, 2.45) is 4.99 Å². The zero-order valence-corrected chi connectivity index (χ0v) is 14.4. The summed E-state index contributed by atoms with van der Waals surface area (Å²) in [6.45, 7) is 0. The van der Waals surface area contributed by atoms with E-state index in [0.717, 1.165) is 5.69 Å². The average Bonchev–Trinajstić information content (AvgIpc) is 3.15. The minimum atomic E-state index is -0.261. The van der Waals surface area contributed by atoms with Crippen molar-refractivity contribution in [2.45, 2.75) is 0 Å². The third kappa shape index (κ3) is 2.79. The molecule has 3 aromatic rings. The molecule has 124 valence electrons. The molecule has 0 fully saturated rings. The molecule has 0 aliphatic carbocycles. The summed E-state index contributed by atoms with van der Waals surface area (Å²) in [5.41, 5.74) is 2.28. The molecular formula is C17H10Cl2N4O2. The van der Waals surface area contributed by atoms with Crippen LogP contribution in [0.2, 0.25) is 10.0 Å². The van der Waals surface area contributed by atoms with E-state index in [4.69, 9.17) is 27.6 Å². The first kappa shape index (κ1) is 15.8. The molecule has 0 radical (unpaired) electrons. The number of likely N-dealkylation sites (N-methyl/N-ethyl adjacent to an activating group) is 1. The molecule has 6 nitrogen and oxygen atoms in total. The molecule has 0 spiro atoms. The summed E-state index contributed by atoms with van der Waals surface area (Å²) in [7, 11) is 1.67. The zero-order chi connectivity index (χ0) is 17.6. The second-order valence-corrected chi connectivity index (χ2v) is 6.26. The summed E-state index contributed by atoms with van der Waals surface area (Å²) in [5, 5.41) is 8.97. The van der Waals surface area contributed by atoms with Gasteiger partial charge in [0.2, 0.25) is 5.89 Å². The zero-order valence-electron chi connectivity index (χ0n) is 12.9. The number of anilines is 1. The summed E-state index contributed by atoms with van der Waals surface area (Å²) in [6.07, 6.45) is 0. The van der Waals surface area contributed by atoms with E-state index in [1.807, 2.05) is 0 Å². The number of fused-ring (bicyclic) bond motifs is 1. The molecular weight excluding hydrogens is 363 g/mol. The van der Waals surface area contributed by atoms with Crippen LogP contribution in [0.3, 0.4) is 0 Å². The van der Waals surface area contributed by atoms with Crippen LogP contribution in [-0.4, -0.2) is 28.9 Å². The van der Waals surface area contributed by atoms with Crippen LogP contribution in [-0.2, 0) is 4.79 Å². The Hall–Kier alpha value is -2.70. The lowest BCUT2D eigenvalue weighted by Crippen LogP contribution is -2.25. The number of hydrogen-bond acceptors (Lipinski definition) is 5. The second-order valence-electron chi connectivity index (χ2n) is 5.38. The molecule has 1 amide bonds. The maximum absolute atomic E-state index is 12.4. The van der Waals surface area contributed by atoms with E-state index in [1.54, 1.807) is 49.5 Å². The third-order valence-corrected chi connectivity index (χ3v) is 4.28. The van der Waals surface area contributed by atoms with Crippen molar-refractivity contribution in [1.82, 2.24) is 10.2 Å². The number of carbonyl (C=O) groups is 1. The minimum Gasteiger partial charge on any atom is -0.402 e. The molecule has 8 heteroatoms. The molecule has 0 unspecified atom stereocenters. The minimum absolute atomic E-state index is 0.00507. The van der Waals surface area contributed by atoms with Gasteiger partial charge in [0.1, 0.15) is 5.71 Å². The normalized spacial score (nSPS) is 15.1. The molecule has 1 aliphatic rings.